The lowest BCUT2D eigenvalue weighted by molar-refractivity contribution is -0.0461. The second-order valence-electron chi connectivity index (χ2n) is 11.0. The van der Waals surface area contributed by atoms with Crippen molar-refractivity contribution in [2.75, 3.05) is 19.6 Å². The van der Waals surface area contributed by atoms with E-state index in [1.807, 2.05) is 12.1 Å². The first-order chi connectivity index (χ1) is 13.7. The number of carbonyl (C=O) groups is 1. The van der Waals surface area contributed by atoms with Gasteiger partial charge in [-0.05, 0) is 51.1 Å². The molecule has 0 aromatic heterocycles. The summed E-state index contributed by atoms with van der Waals surface area (Å²) in [6, 6.07) is 8.37. The third-order valence-electron chi connectivity index (χ3n) is 7.50. The quantitative estimate of drug-likeness (QED) is 0.764. The Bertz CT molecular complexity index is 789. The molecule has 0 bridgehead atoms. The molecule has 2 aliphatic rings. The van der Waals surface area contributed by atoms with E-state index in [2.05, 4.69) is 72.4 Å². The van der Waals surface area contributed by atoms with Crippen LogP contribution in [0, 0.1) is 5.41 Å². The lowest BCUT2D eigenvalue weighted by Gasteiger charge is -2.54. The standard InChI is InChI=1S/C23H37BN2O4/c1-20(2,3)23(8)16-25(12-13-26(23)19(27)28)15-17-10-9-11-18(14-17)24-29-21(4,5)22(6,7)30-24/h9-11,14H,12-13,15-16H2,1-8H3,(H,27,28)/t23-/m1/s1. The fourth-order valence-corrected chi connectivity index (χ4v) is 4.25. The van der Waals surface area contributed by atoms with Gasteiger partial charge in [0.15, 0.2) is 0 Å². The zero-order valence-corrected chi connectivity index (χ0v) is 19.8. The molecule has 30 heavy (non-hydrogen) atoms. The molecular weight excluding hydrogens is 379 g/mol. The van der Waals surface area contributed by atoms with Crippen LogP contribution in [-0.4, -0.2) is 64.5 Å². The number of hydrogen-bond donors (Lipinski definition) is 1. The zero-order chi connectivity index (χ0) is 22.5. The molecule has 1 atom stereocenters. The molecule has 6 nitrogen and oxygen atoms in total. The van der Waals surface area contributed by atoms with E-state index in [-0.39, 0.29) is 23.7 Å². The first-order valence-electron chi connectivity index (χ1n) is 10.8. The predicted molar refractivity (Wildman–Crippen MR) is 120 cm³/mol. The van der Waals surface area contributed by atoms with Crippen LogP contribution >= 0.6 is 0 Å². The Morgan fingerprint density at radius 3 is 2.23 bits per heavy atom. The summed E-state index contributed by atoms with van der Waals surface area (Å²) in [7, 11) is -0.376. The largest absolute Gasteiger partial charge is 0.494 e. The maximum absolute atomic E-state index is 11.9. The van der Waals surface area contributed by atoms with Gasteiger partial charge in [0.05, 0.1) is 16.7 Å². The van der Waals surface area contributed by atoms with Crippen LogP contribution in [0.25, 0.3) is 0 Å². The lowest BCUT2D eigenvalue weighted by Crippen LogP contribution is -2.67. The summed E-state index contributed by atoms with van der Waals surface area (Å²) in [5.74, 6) is 0. The fourth-order valence-electron chi connectivity index (χ4n) is 4.25. The Balaban J connectivity index is 1.76. The highest BCUT2D eigenvalue weighted by Gasteiger charge is 2.52. The molecule has 0 unspecified atom stereocenters. The van der Waals surface area contributed by atoms with Crippen molar-refractivity contribution in [3.63, 3.8) is 0 Å². The molecule has 1 N–H and O–H groups in total. The molecule has 3 rings (SSSR count). The van der Waals surface area contributed by atoms with Crippen molar-refractivity contribution in [2.24, 2.45) is 5.41 Å². The molecule has 2 aliphatic heterocycles. The minimum Gasteiger partial charge on any atom is -0.465 e. The Labute approximate surface area is 181 Å². The van der Waals surface area contributed by atoms with Crippen LogP contribution in [0.15, 0.2) is 24.3 Å². The zero-order valence-electron chi connectivity index (χ0n) is 19.8. The molecule has 2 fully saturated rings. The molecule has 1 amide bonds. The van der Waals surface area contributed by atoms with Crippen molar-refractivity contribution >= 4 is 18.7 Å². The normalized spacial score (nSPS) is 26.8. The molecule has 1 aromatic carbocycles. The van der Waals surface area contributed by atoms with Crippen LogP contribution in [0.4, 0.5) is 4.79 Å². The van der Waals surface area contributed by atoms with Crippen LogP contribution in [0.5, 0.6) is 0 Å². The van der Waals surface area contributed by atoms with E-state index < -0.39 is 11.6 Å². The summed E-state index contributed by atoms with van der Waals surface area (Å²) < 4.78 is 12.4. The third kappa shape index (κ3) is 4.12. The van der Waals surface area contributed by atoms with Crippen LogP contribution < -0.4 is 5.46 Å². The lowest BCUT2D eigenvalue weighted by atomic mass is 9.72. The predicted octanol–water partition coefficient (Wildman–Crippen LogP) is 3.59. The number of nitrogens with zero attached hydrogens (tertiary/aromatic N) is 2. The molecule has 0 saturated carbocycles. The average Bonchev–Trinajstić information content (AvgIpc) is 2.82. The van der Waals surface area contributed by atoms with E-state index in [0.717, 1.165) is 18.6 Å². The second kappa shape index (κ2) is 7.54. The summed E-state index contributed by atoms with van der Waals surface area (Å²) in [6.07, 6.45) is -0.838. The fraction of sp³-hybridized carbons (Fsp3) is 0.696. The van der Waals surface area contributed by atoms with Crippen LogP contribution in [0.3, 0.4) is 0 Å². The third-order valence-corrected chi connectivity index (χ3v) is 7.50. The van der Waals surface area contributed by atoms with Crippen molar-refractivity contribution in [3.8, 4) is 0 Å². The van der Waals surface area contributed by atoms with Crippen LogP contribution in [0.2, 0.25) is 0 Å². The molecule has 0 spiro atoms. The summed E-state index contributed by atoms with van der Waals surface area (Å²) in [5, 5.41) is 9.74. The van der Waals surface area contributed by atoms with Crippen molar-refractivity contribution in [1.29, 1.82) is 0 Å². The van der Waals surface area contributed by atoms with Crippen LogP contribution in [0.1, 0.15) is 61.0 Å². The van der Waals surface area contributed by atoms with Crippen molar-refractivity contribution in [3.05, 3.63) is 29.8 Å². The Kier molecular flexibility index (Phi) is 5.80. The first kappa shape index (κ1) is 23.1. The van der Waals surface area contributed by atoms with Gasteiger partial charge >= 0.3 is 13.2 Å². The van der Waals surface area contributed by atoms with E-state index in [1.54, 1.807) is 4.90 Å². The Hall–Kier alpha value is -1.57. The molecular formula is C23H37BN2O4. The van der Waals surface area contributed by atoms with Gasteiger partial charge in [0.25, 0.3) is 0 Å². The van der Waals surface area contributed by atoms with E-state index in [1.165, 1.54) is 5.56 Å². The molecule has 166 valence electrons. The number of rotatable bonds is 3. The smallest absolute Gasteiger partial charge is 0.465 e. The molecule has 7 heteroatoms. The van der Waals surface area contributed by atoms with E-state index >= 15 is 0 Å². The topological polar surface area (TPSA) is 62.2 Å². The number of amides is 1. The number of hydrogen-bond acceptors (Lipinski definition) is 4. The number of carboxylic acid groups (broad SMARTS) is 1. The summed E-state index contributed by atoms with van der Waals surface area (Å²) in [6.45, 7) is 19.4. The van der Waals surface area contributed by atoms with Crippen LogP contribution in [-0.2, 0) is 15.9 Å². The summed E-state index contributed by atoms with van der Waals surface area (Å²) in [5.41, 5.74) is 0.843. The maximum atomic E-state index is 11.9. The summed E-state index contributed by atoms with van der Waals surface area (Å²) in [4.78, 5) is 15.8. The monoisotopic (exact) mass is 416 g/mol. The highest BCUT2D eigenvalue weighted by molar-refractivity contribution is 6.62. The van der Waals surface area contributed by atoms with Gasteiger partial charge in [0.1, 0.15) is 0 Å². The average molecular weight is 416 g/mol. The van der Waals surface area contributed by atoms with Gasteiger partial charge in [-0.1, -0.05) is 45.0 Å². The van der Waals surface area contributed by atoms with Gasteiger partial charge in [-0.15, -0.1) is 0 Å². The highest BCUT2D eigenvalue weighted by atomic mass is 16.7. The highest BCUT2D eigenvalue weighted by Crippen LogP contribution is 2.39. The molecule has 1 aromatic rings. The molecule has 2 saturated heterocycles. The molecule has 0 aliphatic carbocycles. The van der Waals surface area contributed by atoms with Gasteiger partial charge < -0.3 is 14.4 Å². The van der Waals surface area contributed by atoms with E-state index in [4.69, 9.17) is 9.31 Å². The van der Waals surface area contributed by atoms with Gasteiger partial charge in [-0.25, -0.2) is 4.79 Å². The Morgan fingerprint density at radius 2 is 1.70 bits per heavy atom. The molecule has 2 heterocycles. The minimum absolute atomic E-state index is 0.172. The summed E-state index contributed by atoms with van der Waals surface area (Å²) >= 11 is 0. The van der Waals surface area contributed by atoms with E-state index in [0.29, 0.717) is 13.1 Å². The van der Waals surface area contributed by atoms with Gasteiger partial charge in [0, 0.05) is 26.2 Å². The first-order valence-corrected chi connectivity index (χ1v) is 10.8. The van der Waals surface area contributed by atoms with Crippen molar-refractivity contribution in [2.45, 2.75) is 78.7 Å². The van der Waals surface area contributed by atoms with Crippen molar-refractivity contribution < 1.29 is 19.2 Å². The van der Waals surface area contributed by atoms with Gasteiger partial charge in [-0.3, -0.25) is 9.80 Å². The van der Waals surface area contributed by atoms with Crippen molar-refractivity contribution in [1.82, 2.24) is 9.80 Å². The van der Waals surface area contributed by atoms with E-state index in [9.17, 15) is 9.90 Å². The van der Waals surface area contributed by atoms with Gasteiger partial charge in [-0.2, -0.15) is 0 Å². The SMILES string of the molecule is CC1(C)OB(c2cccc(CN3CCN(C(=O)O)[C@@](C)(C(C)(C)C)C3)c2)OC1(C)C. The number of piperazine rings is 1. The maximum Gasteiger partial charge on any atom is 0.494 e. The minimum atomic E-state index is -0.838. The van der Waals surface area contributed by atoms with Gasteiger partial charge in [0.2, 0.25) is 0 Å². The second-order valence-corrected chi connectivity index (χ2v) is 11.0. The Morgan fingerprint density at radius 1 is 1.10 bits per heavy atom. The number of benzene rings is 1. The molecule has 0 radical (unpaired) electrons.